The van der Waals surface area contributed by atoms with Crippen LogP contribution in [0.1, 0.15) is 45.4 Å². The number of hydrogen-bond acceptors (Lipinski definition) is 6. The third kappa shape index (κ3) is 4.40. The van der Waals surface area contributed by atoms with Crippen molar-refractivity contribution in [1.29, 1.82) is 5.26 Å². The molecule has 0 bridgehead atoms. The molecule has 0 spiro atoms. The number of carbonyl (C=O) groups excluding carboxylic acids is 3. The molecule has 0 radical (unpaired) electrons. The van der Waals surface area contributed by atoms with E-state index >= 15 is 0 Å². The van der Waals surface area contributed by atoms with Gasteiger partial charge in [-0.05, 0) is 31.9 Å². The van der Waals surface area contributed by atoms with E-state index in [0.29, 0.717) is 24.3 Å². The molecule has 1 aromatic rings. The molecule has 1 atom stereocenters. The first-order valence-corrected chi connectivity index (χ1v) is 10.3. The Bertz CT molecular complexity index is 857. The highest BCUT2D eigenvalue weighted by atomic mass is 16.5. The molecular formula is C22H27N3O5. The maximum atomic E-state index is 12.8. The number of benzene rings is 1. The van der Waals surface area contributed by atoms with E-state index < -0.39 is 23.5 Å². The number of esters is 1. The lowest BCUT2D eigenvalue weighted by atomic mass is 9.81. The van der Waals surface area contributed by atoms with Gasteiger partial charge in [-0.15, -0.1) is 0 Å². The van der Waals surface area contributed by atoms with Crippen LogP contribution in [0.2, 0.25) is 0 Å². The van der Waals surface area contributed by atoms with Crippen LogP contribution in [0.15, 0.2) is 24.3 Å². The second kappa shape index (κ2) is 9.16. The van der Waals surface area contributed by atoms with E-state index in [-0.39, 0.29) is 25.5 Å². The summed E-state index contributed by atoms with van der Waals surface area (Å²) in [6, 6.07) is 9.28. The Balaban J connectivity index is 1.66. The second-order valence-electron chi connectivity index (χ2n) is 7.78. The molecule has 0 unspecified atom stereocenters. The summed E-state index contributed by atoms with van der Waals surface area (Å²) in [6.07, 6.45) is 3.14. The van der Waals surface area contributed by atoms with Crippen LogP contribution >= 0.6 is 0 Å². The van der Waals surface area contributed by atoms with Crippen LogP contribution < -0.4 is 9.64 Å². The lowest BCUT2D eigenvalue weighted by Gasteiger charge is -2.39. The number of amides is 2. The molecule has 2 amide bonds. The van der Waals surface area contributed by atoms with Crippen LogP contribution in [0.5, 0.6) is 5.75 Å². The van der Waals surface area contributed by atoms with Gasteiger partial charge >= 0.3 is 5.97 Å². The average molecular weight is 413 g/mol. The number of nitriles is 1. The number of fused-ring (bicyclic) bond motifs is 1. The maximum Gasteiger partial charge on any atom is 0.326 e. The number of carbonyl (C=O) groups is 3. The van der Waals surface area contributed by atoms with Gasteiger partial charge in [0, 0.05) is 7.05 Å². The largest absolute Gasteiger partial charge is 0.491 e. The number of ether oxygens (including phenoxy) is 2. The molecule has 8 nitrogen and oxygen atoms in total. The van der Waals surface area contributed by atoms with Crippen molar-refractivity contribution in [1.82, 2.24) is 4.90 Å². The molecule has 160 valence electrons. The summed E-state index contributed by atoms with van der Waals surface area (Å²) in [5.74, 6) is -0.839. The van der Waals surface area contributed by atoms with Gasteiger partial charge in [-0.2, -0.15) is 5.26 Å². The molecule has 1 heterocycles. The normalized spacial score (nSPS) is 18.8. The fourth-order valence-electron chi connectivity index (χ4n) is 4.05. The van der Waals surface area contributed by atoms with Gasteiger partial charge in [-0.1, -0.05) is 31.4 Å². The third-order valence-corrected chi connectivity index (χ3v) is 5.84. The van der Waals surface area contributed by atoms with Gasteiger partial charge in [0.2, 0.25) is 5.91 Å². The average Bonchev–Trinajstić information content (AvgIpc) is 2.92. The number of hydrogen-bond donors (Lipinski definition) is 0. The highest BCUT2D eigenvalue weighted by Crippen LogP contribution is 2.33. The van der Waals surface area contributed by atoms with E-state index in [1.807, 2.05) is 0 Å². The van der Waals surface area contributed by atoms with Gasteiger partial charge in [-0.3, -0.25) is 19.3 Å². The molecule has 2 aliphatic rings. The Morgan fingerprint density at radius 2 is 2.00 bits per heavy atom. The molecule has 1 aromatic carbocycles. The SMILES string of the molecule is C[C@@H](OC(=O)CN1C(=O)CCOc2ccccc21)C(=O)N(C)C1(C#N)CCCCC1. The second-order valence-corrected chi connectivity index (χ2v) is 7.78. The van der Waals surface area contributed by atoms with Crippen molar-refractivity contribution in [3.05, 3.63) is 24.3 Å². The quantitative estimate of drug-likeness (QED) is 0.688. The Morgan fingerprint density at radius 3 is 2.70 bits per heavy atom. The summed E-state index contributed by atoms with van der Waals surface area (Å²) in [5, 5.41) is 9.68. The van der Waals surface area contributed by atoms with Crippen LogP contribution in [0.4, 0.5) is 5.69 Å². The lowest BCUT2D eigenvalue weighted by Crippen LogP contribution is -2.53. The molecule has 0 aromatic heterocycles. The van der Waals surface area contributed by atoms with Crippen molar-refractivity contribution in [3.8, 4) is 11.8 Å². The minimum absolute atomic E-state index is 0.143. The lowest BCUT2D eigenvalue weighted by molar-refractivity contribution is -0.160. The van der Waals surface area contributed by atoms with Gasteiger partial charge in [0.25, 0.3) is 5.91 Å². The van der Waals surface area contributed by atoms with Crippen molar-refractivity contribution in [2.75, 3.05) is 25.1 Å². The van der Waals surface area contributed by atoms with Crippen molar-refractivity contribution in [2.45, 2.75) is 57.1 Å². The van der Waals surface area contributed by atoms with Gasteiger partial charge < -0.3 is 14.4 Å². The highest BCUT2D eigenvalue weighted by molar-refractivity contribution is 5.99. The molecule has 30 heavy (non-hydrogen) atoms. The predicted octanol–water partition coefficient (Wildman–Crippen LogP) is 2.42. The minimum atomic E-state index is -1.05. The van der Waals surface area contributed by atoms with E-state index in [1.54, 1.807) is 31.3 Å². The summed E-state index contributed by atoms with van der Waals surface area (Å²) >= 11 is 0. The molecule has 3 rings (SSSR count). The van der Waals surface area contributed by atoms with Crippen molar-refractivity contribution in [2.24, 2.45) is 0 Å². The minimum Gasteiger partial charge on any atom is -0.491 e. The third-order valence-electron chi connectivity index (χ3n) is 5.84. The number of para-hydroxylation sites is 2. The van der Waals surface area contributed by atoms with Gasteiger partial charge in [0.15, 0.2) is 6.10 Å². The first kappa shape index (κ1) is 21.6. The fourth-order valence-corrected chi connectivity index (χ4v) is 4.05. The van der Waals surface area contributed by atoms with Crippen LogP contribution in [-0.4, -0.2) is 54.5 Å². The van der Waals surface area contributed by atoms with Crippen LogP contribution in [-0.2, 0) is 19.1 Å². The zero-order valence-electron chi connectivity index (χ0n) is 17.4. The molecule has 1 fully saturated rings. The van der Waals surface area contributed by atoms with E-state index in [4.69, 9.17) is 9.47 Å². The molecule has 1 aliphatic carbocycles. The Morgan fingerprint density at radius 1 is 1.30 bits per heavy atom. The molecule has 1 saturated carbocycles. The van der Waals surface area contributed by atoms with Crippen LogP contribution in [0, 0.1) is 11.3 Å². The van der Waals surface area contributed by atoms with E-state index in [9.17, 15) is 19.6 Å². The molecular weight excluding hydrogens is 386 g/mol. The highest BCUT2D eigenvalue weighted by Gasteiger charge is 2.41. The van der Waals surface area contributed by atoms with E-state index in [2.05, 4.69) is 6.07 Å². The van der Waals surface area contributed by atoms with Gasteiger partial charge in [0.1, 0.15) is 17.8 Å². The standard InChI is InChI=1S/C22H27N3O5/c1-16(21(28)24(2)22(15-23)11-6-3-7-12-22)30-20(27)14-25-17-8-4-5-9-18(17)29-13-10-19(25)26/h4-5,8-9,16H,3,6-7,10-14H2,1-2H3/t16-/m1/s1. The van der Waals surface area contributed by atoms with Crippen molar-refractivity contribution >= 4 is 23.5 Å². The zero-order valence-corrected chi connectivity index (χ0v) is 17.4. The van der Waals surface area contributed by atoms with Crippen molar-refractivity contribution in [3.63, 3.8) is 0 Å². The number of nitrogens with zero attached hydrogens (tertiary/aromatic N) is 3. The zero-order chi connectivity index (χ0) is 21.7. The first-order chi connectivity index (χ1) is 14.4. The summed E-state index contributed by atoms with van der Waals surface area (Å²) in [4.78, 5) is 40.6. The van der Waals surface area contributed by atoms with E-state index in [0.717, 1.165) is 19.3 Å². The number of rotatable bonds is 5. The topological polar surface area (TPSA) is 99.9 Å². The summed E-state index contributed by atoms with van der Waals surface area (Å²) < 4.78 is 10.9. The number of anilines is 1. The Labute approximate surface area is 176 Å². The monoisotopic (exact) mass is 413 g/mol. The summed E-state index contributed by atoms with van der Waals surface area (Å²) in [5.41, 5.74) is -0.355. The first-order valence-electron chi connectivity index (χ1n) is 10.3. The molecule has 1 aliphatic heterocycles. The maximum absolute atomic E-state index is 12.8. The molecule has 0 N–H and O–H groups in total. The summed E-state index contributed by atoms with van der Waals surface area (Å²) in [7, 11) is 1.59. The Hall–Kier alpha value is -3.08. The predicted molar refractivity (Wildman–Crippen MR) is 109 cm³/mol. The Kier molecular flexibility index (Phi) is 6.60. The smallest absolute Gasteiger partial charge is 0.326 e. The summed E-state index contributed by atoms with van der Waals surface area (Å²) in [6.45, 7) is 1.41. The van der Waals surface area contributed by atoms with E-state index in [1.165, 1.54) is 16.7 Å². The molecule has 0 saturated heterocycles. The van der Waals surface area contributed by atoms with Gasteiger partial charge in [0.05, 0.1) is 24.8 Å². The van der Waals surface area contributed by atoms with Gasteiger partial charge in [-0.25, -0.2) is 0 Å². The van der Waals surface area contributed by atoms with Crippen LogP contribution in [0.3, 0.4) is 0 Å². The molecule has 8 heteroatoms. The fraction of sp³-hybridized carbons (Fsp3) is 0.545. The van der Waals surface area contributed by atoms with Crippen molar-refractivity contribution < 1.29 is 23.9 Å². The number of likely N-dealkylation sites (N-methyl/N-ethyl adjacent to an activating group) is 1. The van der Waals surface area contributed by atoms with Crippen LogP contribution in [0.25, 0.3) is 0 Å².